The third kappa shape index (κ3) is 3.24. The Hall–Kier alpha value is -2.30. The zero-order chi connectivity index (χ0) is 15.4. The first-order valence-corrected chi connectivity index (χ1v) is 7.09. The van der Waals surface area contributed by atoms with E-state index in [0.717, 1.165) is 34.8 Å². The van der Waals surface area contributed by atoms with E-state index < -0.39 is 0 Å². The van der Waals surface area contributed by atoms with Crippen molar-refractivity contribution in [2.45, 2.75) is 27.2 Å². The first-order valence-electron chi connectivity index (χ1n) is 7.09. The van der Waals surface area contributed by atoms with Crippen LogP contribution in [0, 0.1) is 5.92 Å². The Bertz CT molecular complexity index is 632. The quantitative estimate of drug-likeness (QED) is 0.887. The van der Waals surface area contributed by atoms with Crippen molar-refractivity contribution in [2.24, 2.45) is 5.92 Å². The molecule has 0 radical (unpaired) electrons. The van der Waals surface area contributed by atoms with E-state index in [1.807, 2.05) is 45.0 Å². The Morgan fingerprint density at radius 1 is 1.43 bits per heavy atom. The van der Waals surface area contributed by atoms with Gasteiger partial charge in [-0.2, -0.15) is 5.10 Å². The lowest BCUT2D eigenvalue weighted by molar-refractivity contribution is -0.118. The Kier molecular flexibility index (Phi) is 4.62. The third-order valence-electron chi connectivity index (χ3n) is 3.31. The fourth-order valence-corrected chi connectivity index (χ4v) is 2.02. The fourth-order valence-electron chi connectivity index (χ4n) is 2.02. The summed E-state index contributed by atoms with van der Waals surface area (Å²) in [6.45, 7) is 5.76. The van der Waals surface area contributed by atoms with Gasteiger partial charge in [0.25, 0.3) is 0 Å². The summed E-state index contributed by atoms with van der Waals surface area (Å²) in [4.78, 5) is 12.0. The molecule has 1 heterocycles. The molecule has 0 bridgehead atoms. The van der Waals surface area contributed by atoms with Gasteiger partial charge < -0.3 is 10.1 Å². The van der Waals surface area contributed by atoms with Gasteiger partial charge in [-0.05, 0) is 18.6 Å². The summed E-state index contributed by atoms with van der Waals surface area (Å²) in [6, 6.07) is 7.63. The molecule has 0 saturated heterocycles. The number of hydrogen-bond acceptors (Lipinski definition) is 3. The molecule has 0 aliphatic heterocycles. The van der Waals surface area contributed by atoms with Crippen LogP contribution in [-0.2, 0) is 11.2 Å². The molecule has 21 heavy (non-hydrogen) atoms. The van der Waals surface area contributed by atoms with Crippen LogP contribution in [0.25, 0.3) is 11.3 Å². The molecule has 1 aromatic carbocycles. The van der Waals surface area contributed by atoms with E-state index in [0.29, 0.717) is 0 Å². The number of carbonyl (C=O) groups excluding carboxylic acids is 1. The molecule has 0 fully saturated rings. The fraction of sp³-hybridized carbons (Fsp3) is 0.375. The number of rotatable bonds is 5. The average molecular weight is 287 g/mol. The summed E-state index contributed by atoms with van der Waals surface area (Å²) in [7, 11) is 1.63. The zero-order valence-electron chi connectivity index (χ0n) is 12.9. The lowest BCUT2D eigenvalue weighted by Gasteiger charge is -2.10. The number of aromatic amines is 1. The van der Waals surface area contributed by atoms with Crippen molar-refractivity contribution in [1.29, 1.82) is 0 Å². The van der Waals surface area contributed by atoms with Crippen LogP contribution in [0.15, 0.2) is 24.3 Å². The molecule has 5 nitrogen and oxygen atoms in total. The molecule has 0 aliphatic rings. The average Bonchev–Trinajstić information content (AvgIpc) is 2.89. The molecule has 5 heteroatoms. The Labute approximate surface area is 124 Å². The molecule has 1 amide bonds. The minimum absolute atomic E-state index is 0.0183. The molecule has 0 aliphatic carbocycles. The Morgan fingerprint density at radius 3 is 2.81 bits per heavy atom. The van der Waals surface area contributed by atoms with E-state index in [2.05, 4.69) is 15.5 Å². The second kappa shape index (κ2) is 6.43. The zero-order valence-corrected chi connectivity index (χ0v) is 12.9. The molecular formula is C16H21N3O2. The number of nitrogens with one attached hydrogen (secondary N) is 2. The number of benzene rings is 1. The maximum Gasteiger partial charge on any atom is 0.227 e. The number of methoxy groups -OCH3 is 1. The first-order chi connectivity index (χ1) is 10.1. The van der Waals surface area contributed by atoms with Crippen molar-refractivity contribution in [2.75, 3.05) is 12.4 Å². The van der Waals surface area contributed by atoms with Crippen molar-refractivity contribution >= 4 is 11.6 Å². The van der Waals surface area contributed by atoms with Crippen LogP contribution in [0.5, 0.6) is 5.75 Å². The molecule has 2 N–H and O–H groups in total. The number of carbonyl (C=O) groups is 1. The van der Waals surface area contributed by atoms with Crippen molar-refractivity contribution in [3.8, 4) is 17.0 Å². The summed E-state index contributed by atoms with van der Waals surface area (Å²) >= 11 is 0. The van der Waals surface area contributed by atoms with Gasteiger partial charge >= 0.3 is 0 Å². The van der Waals surface area contributed by atoms with Crippen LogP contribution in [-0.4, -0.2) is 23.2 Å². The van der Waals surface area contributed by atoms with Crippen LogP contribution in [0.2, 0.25) is 0 Å². The van der Waals surface area contributed by atoms with Gasteiger partial charge in [0, 0.05) is 11.5 Å². The standard InChI is InChI=1S/C16H21N3O2/c1-5-13-15(17-16(20)10(2)3)14(19-18-13)11-7-6-8-12(9-11)21-4/h6-10H,5H2,1-4H3,(H,17,20)(H,18,19). The van der Waals surface area contributed by atoms with Gasteiger partial charge in [0.2, 0.25) is 5.91 Å². The van der Waals surface area contributed by atoms with Gasteiger partial charge in [0.05, 0.1) is 18.5 Å². The number of anilines is 1. The molecule has 1 aromatic heterocycles. The maximum atomic E-state index is 12.0. The molecule has 2 aromatic rings. The topological polar surface area (TPSA) is 67.0 Å². The molecule has 112 valence electrons. The molecule has 0 spiro atoms. The van der Waals surface area contributed by atoms with E-state index in [-0.39, 0.29) is 11.8 Å². The van der Waals surface area contributed by atoms with Crippen molar-refractivity contribution < 1.29 is 9.53 Å². The monoisotopic (exact) mass is 287 g/mol. The van der Waals surface area contributed by atoms with Crippen LogP contribution in [0.3, 0.4) is 0 Å². The summed E-state index contributed by atoms with van der Waals surface area (Å²) in [5, 5.41) is 10.3. The van der Waals surface area contributed by atoms with E-state index in [9.17, 15) is 4.79 Å². The normalized spacial score (nSPS) is 10.7. The summed E-state index contributed by atoms with van der Waals surface area (Å²) in [5.41, 5.74) is 3.32. The summed E-state index contributed by atoms with van der Waals surface area (Å²) in [6.07, 6.45) is 0.769. The highest BCUT2D eigenvalue weighted by Gasteiger charge is 2.18. The highest BCUT2D eigenvalue weighted by Crippen LogP contribution is 2.31. The van der Waals surface area contributed by atoms with Crippen LogP contribution in [0.1, 0.15) is 26.5 Å². The smallest absolute Gasteiger partial charge is 0.227 e. The van der Waals surface area contributed by atoms with E-state index >= 15 is 0 Å². The second-order valence-corrected chi connectivity index (χ2v) is 5.16. The van der Waals surface area contributed by atoms with Gasteiger partial charge in [0.1, 0.15) is 11.4 Å². The summed E-state index contributed by atoms with van der Waals surface area (Å²) < 4.78 is 5.24. The molecule has 0 unspecified atom stereocenters. The van der Waals surface area contributed by atoms with E-state index in [1.165, 1.54) is 0 Å². The molecule has 0 atom stereocenters. The number of amides is 1. The lowest BCUT2D eigenvalue weighted by atomic mass is 10.1. The highest BCUT2D eigenvalue weighted by molar-refractivity contribution is 5.96. The SMILES string of the molecule is CCc1[nH]nc(-c2cccc(OC)c2)c1NC(=O)C(C)C. The Morgan fingerprint density at radius 2 is 2.19 bits per heavy atom. The predicted molar refractivity (Wildman–Crippen MR) is 83.4 cm³/mol. The number of ether oxygens (including phenoxy) is 1. The van der Waals surface area contributed by atoms with Gasteiger partial charge in [-0.3, -0.25) is 9.89 Å². The molecule has 2 rings (SSSR count). The van der Waals surface area contributed by atoms with Crippen molar-refractivity contribution in [3.63, 3.8) is 0 Å². The molecule has 0 saturated carbocycles. The van der Waals surface area contributed by atoms with Crippen LogP contribution < -0.4 is 10.1 Å². The van der Waals surface area contributed by atoms with Gasteiger partial charge in [-0.25, -0.2) is 0 Å². The maximum absolute atomic E-state index is 12.0. The number of aromatic nitrogens is 2. The van der Waals surface area contributed by atoms with Crippen molar-refractivity contribution in [1.82, 2.24) is 10.2 Å². The molecular weight excluding hydrogens is 266 g/mol. The number of nitrogens with zero attached hydrogens (tertiary/aromatic N) is 1. The largest absolute Gasteiger partial charge is 0.497 e. The Balaban J connectivity index is 2.43. The van der Waals surface area contributed by atoms with Crippen LogP contribution >= 0.6 is 0 Å². The first kappa shape index (κ1) is 15.1. The van der Waals surface area contributed by atoms with E-state index in [4.69, 9.17) is 4.74 Å². The number of aryl methyl sites for hydroxylation is 1. The highest BCUT2D eigenvalue weighted by atomic mass is 16.5. The third-order valence-corrected chi connectivity index (χ3v) is 3.31. The van der Waals surface area contributed by atoms with Gasteiger partial charge in [-0.15, -0.1) is 0 Å². The van der Waals surface area contributed by atoms with Gasteiger partial charge in [-0.1, -0.05) is 32.9 Å². The van der Waals surface area contributed by atoms with Crippen molar-refractivity contribution in [3.05, 3.63) is 30.0 Å². The number of hydrogen-bond donors (Lipinski definition) is 2. The van der Waals surface area contributed by atoms with Gasteiger partial charge in [0.15, 0.2) is 0 Å². The van der Waals surface area contributed by atoms with E-state index in [1.54, 1.807) is 7.11 Å². The second-order valence-electron chi connectivity index (χ2n) is 5.16. The minimum atomic E-state index is -0.0808. The summed E-state index contributed by atoms with van der Waals surface area (Å²) in [5.74, 6) is 0.660. The predicted octanol–water partition coefficient (Wildman–Crippen LogP) is 3.24. The van der Waals surface area contributed by atoms with Crippen LogP contribution in [0.4, 0.5) is 5.69 Å². The number of H-pyrrole nitrogens is 1. The lowest BCUT2D eigenvalue weighted by Crippen LogP contribution is -2.18. The minimum Gasteiger partial charge on any atom is -0.497 e.